The Morgan fingerprint density at radius 3 is 2.70 bits per heavy atom. The van der Waals surface area contributed by atoms with Crippen LogP contribution in [0, 0.1) is 5.92 Å². The fourth-order valence-corrected chi connectivity index (χ4v) is 4.92. The molecule has 0 atom stereocenters. The molecule has 0 aromatic carbocycles. The highest BCUT2D eigenvalue weighted by Crippen LogP contribution is 2.33. The molecule has 1 heterocycles. The average Bonchev–Trinajstić information content (AvgIpc) is 2.85. The van der Waals surface area contributed by atoms with Gasteiger partial charge in [-0.3, -0.25) is 0 Å². The van der Waals surface area contributed by atoms with Crippen LogP contribution in [0.1, 0.15) is 39.0 Å². The molecule has 0 saturated heterocycles. The van der Waals surface area contributed by atoms with Crippen molar-refractivity contribution in [2.24, 2.45) is 5.92 Å². The molecule has 8 heteroatoms. The van der Waals surface area contributed by atoms with Gasteiger partial charge in [0.15, 0.2) is 8.68 Å². The number of aromatic nitrogens is 1. The highest BCUT2D eigenvalue weighted by atomic mass is 35.5. The van der Waals surface area contributed by atoms with E-state index in [0.29, 0.717) is 18.8 Å². The molecular formula is C12H19ClN2O3S2. The maximum absolute atomic E-state index is 12.0. The van der Waals surface area contributed by atoms with Gasteiger partial charge in [-0.25, -0.2) is 18.1 Å². The van der Waals surface area contributed by atoms with Crippen molar-refractivity contribution in [3.63, 3.8) is 0 Å². The highest BCUT2D eigenvalue weighted by molar-refractivity contribution is 7.91. The van der Waals surface area contributed by atoms with Crippen molar-refractivity contribution < 1.29 is 13.5 Å². The van der Waals surface area contributed by atoms with Crippen LogP contribution in [0.3, 0.4) is 0 Å². The number of nitrogens with zero attached hydrogens (tertiary/aromatic N) is 1. The summed E-state index contributed by atoms with van der Waals surface area (Å²) in [6, 6.07) is 0. The van der Waals surface area contributed by atoms with E-state index >= 15 is 0 Å². The van der Waals surface area contributed by atoms with Gasteiger partial charge >= 0.3 is 0 Å². The third kappa shape index (κ3) is 3.92. The minimum atomic E-state index is -3.63. The molecule has 1 aliphatic rings. The molecule has 114 valence electrons. The van der Waals surface area contributed by atoms with E-state index in [1.54, 1.807) is 0 Å². The molecule has 1 aromatic rings. The van der Waals surface area contributed by atoms with Gasteiger partial charge in [-0.2, -0.15) is 0 Å². The first-order valence-electron chi connectivity index (χ1n) is 6.68. The lowest BCUT2D eigenvalue weighted by atomic mass is 9.78. The van der Waals surface area contributed by atoms with Gasteiger partial charge in [0.25, 0.3) is 10.0 Å². The van der Waals surface area contributed by atoms with Crippen LogP contribution in [0.4, 0.5) is 0 Å². The van der Waals surface area contributed by atoms with Crippen molar-refractivity contribution in [3.8, 4) is 0 Å². The van der Waals surface area contributed by atoms with Crippen molar-refractivity contribution >= 4 is 33.0 Å². The number of rotatable bonds is 5. The van der Waals surface area contributed by atoms with E-state index in [2.05, 4.69) is 16.6 Å². The first-order valence-corrected chi connectivity index (χ1v) is 9.36. The van der Waals surface area contributed by atoms with E-state index in [-0.39, 0.29) is 15.2 Å². The van der Waals surface area contributed by atoms with Crippen LogP contribution >= 0.6 is 22.9 Å². The zero-order chi connectivity index (χ0) is 14.8. The fourth-order valence-electron chi connectivity index (χ4n) is 2.46. The Balaban J connectivity index is 1.95. The molecular weight excluding hydrogens is 320 g/mol. The van der Waals surface area contributed by atoms with Crippen molar-refractivity contribution in [1.82, 2.24) is 9.71 Å². The molecule has 1 aromatic heterocycles. The molecule has 1 fully saturated rings. The van der Waals surface area contributed by atoms with Gasteiger partial charge in [0.2, 0.25) is 0 Å². The van der Waals surface area contributed by atoms with Gasteiger partial charge in [0.1, 0.15) is 0 Å². The van der Waals surface area contributed by atoms with Gasteiger partial charge < -0.3 is 5.11 Å². The van der Waals surface area contributed by atoms with Crippen LogP contribution in [-0.4, -0.2) is 30.7 Å². The van der Waals surface area contributed by atoms with Gasteiger partial charge in [0, 0.05) is 6.54 Å². The Labute approximate surface area is 128 Å². The SMILES string of the molecule is CCC1CCC(O)(CNS(=O)(=O)c2cnc(Cl)s2)CC1. The number of thiazole rings is 1. The molecule has 0 radical (unpaired) electrons. The quantitative estimate of drug-likeness (QED) is 0.864. The summed E-state index contributed by atoms with van der Waals surface area (Å²) in [5, 5.41) is 10.4. The molecule has 2 N–H and O–H groups in total. The Hall–Kier alpha value is -0.210. The number of nitrogens with one attached hydrogen (secondary N) is 1. The van der Waals surface area contributed by atoms with Crippen LogP contribution in [0.5, 0.6) is 0 Å². The number of halogens is 1. The Morgan fingerprint density at radius 1 is 1.55 bits per heavy atom. The smallest absolute Gasteiger partial charge is 0.251 e. The predicted octanol–water partition coefficient (Wildman–Crippen LogP) is 2.41. The lowest BCUT2D eigenvalue weighted by molar-refractivity contribution is -0.00441. The molecule has 2 rings (SSSR count). The second-order valence-electron chi connectivity index (χ2n) is 5.33. The summed E-state index contributed by atoms with van der Waals surface area (Å²) in [7, 11) is -3.63. The summed E-state index contributed by atoms with van der Waals surface area (Å²) < 4.78 is 26.8. The molecule has 0 spiro atoms. The number of aliphatic hydroxyl groups is 1. The largest absolute Gasteiger partial charge is 0.389 e. The van der Waals surface area contributed by atoms with E-state index in [0.717, 1.165) is 30.6 Å². The predicted molar refractivity (Wildman–Crippen MR) is 79.5 cm³/mol. The Morgan fingerprint density at radius 2 is 2.20 bits per heavy atom. The lowest BCUT2D eigenvalue weighted by Gasteiger charge is -2.35. The van der Waals surface area contributed by atoms with Gasteiger partial charge in [-0.1, -0.05) is 36.3 Å². The number of sulfonamides is 1. The van der Waals surface area contributed by atoms with Crippen LogP contribution in [0.15, 0.2) is 10.4 Å². The van der Waals surface area contributed by atoms with Crippen LogP contribution in [0.2, 0.25) is 4.47 Å². The summed E-state index contributed by atoms with van der Waals surface area (Å²) >= 11 is 6.55. The lowest BCUT2D eigenvalue weighted by Crippen LogP contribution is -2.45. The second kappa shape index (κ2) is 6.27. The molecule has 0 bridgehead atoms. The van der Waals surface area contributed by atoms with E-state index in [1.165, 1.54) is 6.20 Å². The molecule has 20 heavy (non-hydrogen) atoms. The maximum atomic E-state index is 12.0. The van der Waals surface area contributed by atoms with Crippen LogP contribution < -0.4 is 4.72 Å². The zero-order valence-corrected chi connectivity index (χ0v) is 13.7. The third-order valence-corrected chi connectivity index (χ3v) is 6.90. The average molecular weight is 339 g/mol. The first-order chi connectivity index (χ1) is 9.35. The third-order valence-electron chi connectivity index (χ3n) is 3.93. The summed E-state index contributed by atoms with van der Waals surface area (Å²) in [6.07, 6.45) is 5.51. The topological polar surface area (TPSA) is 79.3 Å². The van der Waals surface area contributed by atoms with Gasteiger partial charge in [-0.05, 0) is 31.6 Å². The van der Waals surface area contributed by atoms with Crippen molar-refractivity contribution in [3.05, 3.63) is 10.7 Å². The van der Waals surface area contributed by atoms with Crippen LogP contribution in [0.25, 0.3) is 0 Å². The van der Waals surface area contributed by atoms with Crippen molar-refractivity contribution in [2.75, 3.05) is 6.54 Å². The van der Waals surface area contributed by atoms with Gasteiger partial charge in [0.05, 0.1) is 11.8 Å². The van der Waals surface area contributed by atoms with E-state index < -0.39 is 15.6 Å². The standard InChI is InChI=1S/C12H19ClN2O3S2/c1-2-9-3-5-12(16,6-4-9)8-15-20(17,18)10-7-14-11(13)19-10/h7,9,15-16H,2-6,8H2,1H3. The van der Waals surface area contributed by atoms with Crippen LogP contribution in [-0.2, 0) is 10.0 Å². The zero-order valence-electron chi connectivity index (χ0n) is 11.3. The molecule has 1 saturated carbocycles. The minimum absolute atomic E-state index is 0.0429. The molecule has 0 unspecified atom stereocenters. The minimum Gasteiger partial charge on any atom is -0.389 e. The molecule has 0 amide bonds. The van der Waals surface area contributed by atoms with E-state index in [4.69, 9.17) is 11.6 Å². The highest BCUT2D eigenvalue weighted by Gasteiger charge is 2.34. The summed E-state index contributed by atoms with van der Waals surface area (Å²) in [5.41, 5.74) is -0.937. The molecule has 0 aliphatic heterocycles. The van der Waals surface area contributed by atoms with E-state index in [1.807, 2.05) is 0 Å². The monoisotopic (exact) mass is 338 g/mol. The summed E-state index contributed by atoms with van der Waals surface area (Å²) in [4.78, 5) is 3.72. The van der Waals surface area contributed by atoms with Crippen molar-refractivity contribution in [2.45, 2.75) is 48.8 Å². The second-order valence-corrected chi connectivity index (χ2v) is 8.94. The fraction of sp³-hybridized carbons (Fsp3) is 0.750. The normalized spacial score (nSPS) is 27.6. The number of hydrogen-bond donors (Lipinski definition) is 2. The molecule has 5 nitrogen and oxygen atoms in total. The first kappa shape index (κ1) is 16.2. The van der Waals surface area contributed by atoms with Crippen molar-refractivity contribution in [1.29, 1.82) is 0 Å². The summed E-state index contributed by atoms with van der Waals surface area (Å²) in [5.74, 6) is 0.646. The maximum Gasteiger partial charge on any atom is 0.251 e. The number of hydrogen-bond acceptors (Lipinski definition) is 5. The summed E-state index contributed by atoms with van der Waals surface area (Å²) in [6.45, 7) is 2.19. The Kier molecular flexibility index (Phi) is 5.07. The van der Waals surface area contributed by atoms with E-state index in [9.17, 15) is 13.5 Å². The molecule has 1 aliphatic carbocycles. The Bertz CT molecular complexity index is 551. The van der Waals surface area contributed by atoms with Gasteiger partial charge in [-0.15, -0.1) is 0 Å².